The lowest BCUT2D eigenvalue weighted by molar-refractivity contribution is 0.391. The normalized spacial score (nSPS) is 13.1. The Labute approximate surface area is 260 Å². The van der Waals surface area contributed by atoms with Crippen LogP contribution in [0.4, 0.5) is 5.69 Å². The molecule has 0 bridgehead atoms. The summed E-state index contributed by atoms with van der Waals surface area (Å²) in [4.78, 5) is 4.59. The minimum absolute atomic E-state index is 0. The van der Waals surface area contributed by atoms with Crippen molar-refractivity contribution < 1.29 is 0 Å². The van der Waals surface area contributed by atoms with Gasteiger partial charge in [0.1, 0.15) is 0 Å². The van der Waals surface area contributed by atoms with E-state index in [1.54, 1.807) is 0 Å². The van der Waals surface area contributed by atoms with E-state index in [2.05, 4.69) is 85.6 Å². The average molecular weight is 616 g/mol. The zero-order valence-electron chi connectivity index (χ0n) is 26.6. The lowest BCUT2D eigenvalue weighted by Gasteiger charge is -2.22. The van der Waals surface area contributed by atoms with Gasteiger partial charge >= 0.3 is 0 Å². The maximum absolute atomic E-state index is 2.46. The van der Waals surface area contributed by atoms with Crippen molar-refractivity contribution >= 4 is 28.7 Å². The number of benzene rings is 1. The molecule has 2 rings (SSSR count). The summed E-state index contributed by atoms with van der Waals surface area (Å²) >= 11 is 0. The fraction of sp³-hybridized carbons (Fsp3) is 0.676. The molecule has 1 aliphatic rings. The summed E-state index contributed by atoms with van der Waals surface area (Å²) in [6, 6.07) is 8.72. The Bertz CT molecular complexity index is 793. The van der Waals surface area contributed by atoms with Crippen LogP contribution in [0.15, 0.2) is 54.3 Å². The third-order valence-corrected chi connectivity index (χ3v) is 8.22. The molecule has 0 unspecified atom stereocenters. The molecule has 0 atom stereocenters. The van der Waals surface area contributed by atoms with Crippen LogP contribution in [-0.4, -0.2) is 32.1 Å². The minimum Gasteiger partial charge on any atom is -0.378 e. The molecule has 228 valence electrons. The van der Waals surface area contributed by atoms with Gasteiger partial charge in [-0.2, -0.15) is 0 Å². The molecule has 40 heavy (non-hydrogen) atoms. The van der Waals surface area contributed by atoms with Crippen molar-refractivity contribution in [3.8, 4) is 0 Å². The first kappa shape index (κ1) is 36.5. The highest BCUT2D eigenvalue weighted by atomic mass is 79.9. The molecule has 0 N–H and O–H groups in total. The van der Waals surface area contributed by atoms with Gasteiger partial charge in [-0.15, -0.1) is 17.0 Å². The molecule has 2 nitrogen and oxygen atoms in total. The molecule has 0 radical (unpaired) electrons. The van der Waals surface area contributed by atoms with Crippen molar-refractivity contribution in [3.05, 3.63) is 59.8 Å². The molecule has 0 aliphatic carbocycles. The predicted octanol–water partition coefficient (Wildman–Crippen LogP) is 11.9. The van der Waals surface area contributed by atoms with Crippen LogP contribution < -0.4 is 4.90 Å². The summed E-state index contributed by atoms with van der Waals surface area (Å²) in [6.45, 7) is 4.53. The van der Waals surface area contributed by atoms with Gasteiger partial charge in [0, 0.05) is 32.9 Å². The number of anilines is 1. The largest absolute Gasteiger partial charge is 0.378 e. The van der Waals surface area contributed by atoms with E-state index in [1.165, 1.54) is 152 Å². The Morgan fingerprint density at radius 2 is 1.07 bits per heavy atom. The van der Waals surface area contributed by atoms with E-state index >= 15 is 0 Å². The van der Waals surface area contributed by atoms with Crippen LogP contribution in [0.5, 0.6) is 0 Å². The minimum atomic E-state index is 0. The Morgan fingerprint density at radius 3 is 1.48 bits per heavy atom. The fourth-order valence-electron chi connectivity index (χ4n) is 5.48. The van der Waals surface area contributed by atoms with E-state index in [9.17, 15) is 0 Å². The van der Waals surface area contributed by atoms with Crippen LogP contribution in [0, 0.1) is 0 Å². The van der Waals surface area contributed by atoms with E-state index in [0.717, 1.165) is 6.54 Å². The molecule has 0 fully saturated rings. The first-order chi connectivity index (χ1) is 19.2. The van der Waals surface area contributed by atoms with Gasteiger partial charge in [-0.05, 0) is 42.0 Å². The van der Waals surface area contributed by atoms with Gasteiger partial charge < -0.3 is 9.80 Å². The molecule has 1 aromatic rings. The molecule has 1 aliphatic heterocycles. The van der Waals surface area contributed by atoms with Gasteiger partial charge in [0.25, 0.3) is 0 Å². The summed E-state index contributed by atoms with van der Waals surface area (Å²) in [6.07, 6.45) is 40.2. The summed E-state index contributed by atoms with van der Waals surface area (Å²) in [7, 11) is 4.16. The second kappa shape index (κ2) is 25.2. The first-order valence-electron chi connectivity index (χ1n) is 16.8. The Kier molecular flexibility index (Phi) is 23.1. The quantitative estimate of drug-likeness (QED) is 0.107. The molecule has 1 heterocycles. The van der Waals surface area contributed by atoms with E-state index in [4.69, 9.17) is 0 Å². The van der Waals surface area contributed by atoms with Gasteiger partial charge in [0.2, 0.25) is 0 Å². The smallest absolute Gasteiger partial charge is 0.0362 e. The van der Waals surface area contributed by atoms with E-state index in [-0.39, 0.29) is 17.0 Å². The second-order valence-corrected chi connectivity index (χ2v) is 12.1. The van der Waals surface area contributed by atoms with Crippen LogP contribution in [-0.2, 0) is 0 Å². The summed E-state index contributed by atoms with van der Waals surface area (Å²) in [5.41, 5.74) is 3.80. The standard InChI is InChI=1S/C37H62N2.BrH/c1-4-5-6-7-8-9-10-11-12-13-14-15-16-17-18-19-20-21-22-23-32-39-33-30-36(31-34-39)25-24-35-26-28-37(29-27-35)38(2)3;/h24-31,33H,4-23,32,34H2,1-3H3;1H. The average Bonchev–Trinajstić information content (AvgIpc) is 2.96. The van der Waals surface area contributed by atoms with Crippen molar-refractivity contribution in [1.29, 1.82) is 0 Å². The number of rotatable bonds is 24. The van der Waals surface area contributed by atoms with Crippen molar-refractivity contribution in [2.75, 3.05) is 32.1 Å². The highest BCUT2D eigenvalue weighted by Crippen LogP contribution is 2.17. The number of allylic oxidation sites excluding steroid dienone is 3. The highest BCUT2D eigenvalue weighted by Gasteiger charge is 2.03. The van der Waals surface area contributed by atoms with E-state index in [0.29, 0.717) is 0 Å². The Morgan fingerprint density at radius 1 is 0.625 bits per heavy atom. The summed E-state index contributed by atoms with van der Waals surface area (Å²) < 4.78 is 0. The zero-order valence-corrected chi connectivity index (χ0v) is 28.3. The highest BCUT2D eigenvalue weighted by molar-refractivity contribution is 8.93. The van der Waals surface area contributed by atoms with Crippen LogP contribution >= 0.6 is 17.0 Å². The molecule has 0 spiro atoms. The lowest BCUT2D eigenvalue weighted by Crippen LogP contribution is -2.20. The molecule has 1 aromatic carbocycles. The van der Waals surface area contributed by atoms with Gasteiger partial charge in [-0.1, -0.05) is 159 Å². The van der Waals surface area contributed by atoms with E-state index < -0.39 is 0 Å². The number of halogens is 1. The Balaban J connectivity index is 0.00000800. The molecular weight excluding hydrogens is 552 g/mol. The van der Waals surface area contributed by atoms with Crippen molar-refractivity contribution in [2.45, 2.75) is 135 Å². The third-order valence-electron chi connectivity index (χ3n) is 8.22. The topological polar surface area (TPSA) is 6.48 Å². The van der Waals surface area contributed by atoms with Crippen molar-refractivity contribution in [1.82, 2.24) is 4.90 Å². The SMILES string of the molecule is Br.CCCCCCCCCCCCCCCCCCCCCCN1C=CC(C=Cc2ccc(N(C)C)cc2)=CC1. The van der Waals surface area contributed by atoms with Crippen LogP contribution in [0.25, 0.3) is 6.08 Å². The van der Waals surface area contributed by atoms with Gasteiger partial charge in [0.05, 0.1) is 0 Å². The summed E-state index contributed by atoms with van der Waals surface area (Å²) in [5, 5.41) is 0. The number of hydrogen-bond acceptors (Lipinski definition) is 2. The molecule has 0 saturated carbocycles. The van der Waals surface area contributed by atoms with Gasteiger partial charge in [0.15, 0.2) is 0 Å². The Hall–Kier alpha value is -1.48. The summed E-state index contributed by atoms with van der Waals surface area (Å²) in [5.74, 6) is 0. The van der Waals surface area contributed by atoms with E-state index in [1.807, 2.05) is 0 Å². The monoisotopic (exact) mass is 614 g/mol. The molecule has 3 heteroatoms. The second-order valence-electron chi connectivity index (χ2n) is 12.1. The lowest BCUT2D eigenvalue weighted by atomic mass is 10.0. The third kappa shape index (κ3) is 18.8. The molecular formula is C37H63BrN2. The number of nitrogens with zero attached hydrogens (tertiary/aromatic N) is 2. The van der Waals surface area contributed by atoms with Crippen LogP contribution in [0.2, 0.25) is 0 Å². The molecule has 0 saturated heterocycles. The zero-order chi connectivity index (χ0) is 27.8. The van der Waals surface area contributed by atoms with Crippen LogP contribution in [0.3, 0.4) is 0 Å². The maximum Gasteiger partial charge on any atom is 0.0362 e. The van der Waals surface area contributed by atoms with Crippen molar-refractivity contribution in [3.63, 3.8) is 0 Å². The van der Waals surface area contributed by atoms with Crippen molar-refractivity contribution in [2.24, 2.45) is 0 Å². The maximum atomic E-state index is 2.46. The van der Waals surface area contributed by atoms with Gasteiger partial charge in [-0.3, -0.25) is 0 Å². The number of unbranched alkanes of at least 4 members (excludes halogenated alkanes) is 19. The fourth-order valence-corrected chi connectivity index (χ4v) is 5.48. The molecule has 0 amide bonds. The number of hydrogen-bond donors (Lipinski definition) is 0. The first-order valence-corrected chi connectivity index (χ1v) is 16.8. The predicted molar refractivity (Wildman–Crippen MR) is 187 cm³/mol. The van der Waals surface area contributed by atoms with Crippen LogP contribution in [0.1, 0.15) is 141 Å². The molecule has 0 aromatic heterocycles. The van der Waals surface area contributed by atoms with Gasteiger partial charge in [-0.25, -0.2) is 0 Å².